The van der Waals surface area contributed by atoms with E-state index in [4.69, 9.17) is 0 Å². The lowest BCUT2D eigenvalue weighted by molar-refractivity contribution is 0.0718. The van der Waals surface area contributed by atoms with Crippen molar-refractivity contribution >= 4 is 11.8 Å². The molecule has 2 aromatic carbocycles. The zero-order chi connectivity index (χ0) is 21.1. The standard InChI is InChI=1S/C21H19FN4O4/c22-17-7-5-14(6-8-17)19(27)25-9-2-10-26(12-11-25)20(28)16-4-1-3-15(13-16)18-23-21(29)30-24-18/h1,3-8,13H,2,9-12H2,(H,23,24,29). The first-order chi connectivity index (χ1) is 14.5. The van der Waals surface area contributed by atoms with Crippen molar-refractivity contribution < 1.29 is 18.5 Å². The van der Waals surface area contributed by atoms with E-state index >= 15 is 0 Å². The Labute approximate surface area is 170 Å². The Bertz CT molecular complexity index is 1120. The fourth-order valence-corrected chi connectivity index (χ4v) is 3.44. The number of benzene rings is 2. The van der Waals surface area contributed by atoms with E-state index in [1.54, 1.807) is 34.1 Å². The number of nitrogens with zero attached hydrogens (tertiary/aromatic N) is 3. The normalized spacial score (nSPS) is 14.4. The van der Waals surface area contributed by atoms with E-state index < -0.39 is 11.6 Å². The predicted molar refractivity (Wildman–Crippen MR) is 105 cm³/mol. The van der Waals surface area contributed by atoms with Gasteiger partial charge in [-0.3, -0.25) is 19.1 Å². The quantitative estimate of drug-likeness (QED) is 0.713. The van der Waals surface area contributed by atoms with Crippen LogP contribution >= 0.6 is 0 Å². The van der Waals surface area contributed by atoms with Crippen LogP contribution in [0.15, 0.2) is 57.8 Å². The van der Waals surface area contributed by atoms with E-state index in [1.165, 1.54) is 24.3 Å². The van der Waals surface area contributed by atoms with Gasteiger partial charge in [-0.05, 0) is 42.8 Å². The molecule has 9 heteroatoms. The molecule has 1 aliphatic heterocycles. The summed E-state index contributed by atoms with van der Waals surface area (Å²) in [6.07, 6.45) is 0.634. The summed E-state index contributed by atoms with van der Waals surface area (Å²) in [5.41, 5.74) is 1.44. The number of carbonyl (C=O) groups is 2. The Balaban J connectivity index is 1.45. The summed E-state index contributed by atoms with van der Waals surface area (Å²) in [6.45, 7) is 1.80. The molecule has 154 valence electrons. The van der Waals surface area contributed by atoms with Crippen LogP contribution in [-0.4, -0.2) is 57.9 Å². The molecule has 1 saturated heterocycles. The number of halogens is 1. The molecule has 8 nitrogen and oxygen atoms in total. The lowest BCUT2D eigenvalue weighted by Crippen LogP contribution is -2.37. The number of rotatable bonds is 3. The molecule has 0 saturated carbocycles. The predicted octanol–water partition coefficient (Wildman–Crippen LogP) is 2.16. The van der Waals surface area contributed by atoms with E-state index in [1.807, 2.05) is 0 Å². The number of amides is 2. The van der Waals surface area contributed by atoms with Crippen molar-refractivity contribution in [2.75, 3.05) is 26.2 Å². The van der Waals surface area contributed by atoms with Crippen LogP contribution in [0.5, 0.6) is 0 Å². The van der Waals surface area contributed by atoms with Crippen LogP contribution in [0.3, 0.4) is 0 Å². The summed E-state index contributed by atoms with van der Waals surface area (Å²) in [4.78, 5) is 42.7. The highest BCUT2D eigenvalue weighted by Gasteiger charge is 2.24. The van der Waals surface area contributed by atoms with Gasteiger partial charge in [0.05, 0.1) is 0 Å². The first-order valence-corrected chi connectivity index (χ1v) is 9.52. The van der Waals surface area contributed by atoms with Crippen LogP contribution in [0.2, 0.25) is 0 Å². The molecular weight excluding hydrogens is 391 g/mol. The molecule has 1 aliphatic rings. The molecule has 0 aliphatic carbocycles. The van der Waals surface area contributed by atoms with E-state index in [0.717, 1.165) is 0 Å². The minimum atomic E-state index is -0.667. The minimum absolute atomic E-state index is 0.168. The third kappa shape index (κ3) is 4.14. The van der Waals surface area contributed by atoms with E-state index in [0.29, 0.717) is 49.3 Å². The molecule has 2 heterocycles. The molecule has 0 spiro atoms. The van der Waals surface area contributed by atoms with E-state index in [-0.39, 0.29) is 17.6 Å². The van der Waals surface area contributed by atoms with Gasteiger partial charge in [-0.1, -0.05) is 17.3 Å². The number of aromatic nitrogens is 2. The zero-order valence-electron chi connectivity index (χ0n) is 16.0. The van der Waals surface area contributed by atoms with Gasteiger partial charge in [0.1, 0.15) is 5.82 Å². The minimum Gasteiger partial charge on any atom is -0.337 e. The van der Waals surface area contributed by atoms with E-state index in [2.05, 4.69) is 14.7 Å². The second-order valence-electron chi connectivity index (χ2n) is 6.97. The molecule has 0 radical (unpaired) electrons. The SMILES string of the molecule is O=C(c1ccc(F)cc1)N1CCCN(C(=O)c2cccc(-c3noc(=O)[nH]3)c2)CC1. The summed E-state index contributed by atoms with van der Waals surface area (Å²) in [6, 6.07) is 12.2. The fraction of sp³-hybridized carbons (Fsp3) is 0.238. The summed E-state index contributed by atoms with van der Waals surface area (Å²) < 4.78 is 17.6. The molecule has 0 atom stereocenters. The number of hydrogen-bond donors (Lipinski definition) is 1. The molecular formula is C21H19FN4O4. The van der Waals surface area contributed by atoms with Crippen LogP contribution < -0.4 is 5.76 Å². The first kappa shape index (κ1) is 19.6. The topological polar surface area (TPSA) is 99.5 Å². The zero-order valence-corrected chi connectivity index (χ0v) is 16.0. The molecule has 2 amide bonds. The summed E-state index contributed by atoms with van der Waals surface area (Å²) in [7, 11) is 0. The molecule has 3 aromatic rings. The average Bonchev–Trinajstić information content (AvgIpc) is 3.05. The van der Waals surface area contributed by atoms with Gasteiger partial charge in [-0.25, -0.2) is 9.18 Å². The van der Waals surface area contributed by atoms with Crippen molar-refractivity contribution in [1.29, 1.82) is 0 Å². The van der Waals surface area contributed by atoms with Crippen LogP contribution in [-0.2, 0) is 0 Å². The van der Waals surface area contributed by atoms with Crippen LogP contribution in [0.1, 0.15) is 27.1 Å². The lowest BCUT2D eigenvalue weighted by Gasteiger charge is -2.22. The molecule has 0 bridgehead atoms. The second-order valence-corrected chi connectivity index (χ2v) is 6.97. The second kappa shape index (κ2) is 8.32. The largest absolute Gasteiger partial charge is 0.439 e. The highest BCUT2D eigenvalue weighted by molar-refractivity contribution is 5.96. The lowest BCUT2D eigenvalue weighted by atomic mass is 10.1. The van der Waals surface area contributed by atoms with Crippen molar-refractivity contribution in [1.82, 2.24) is 19.9 Å². The van der Waals surface area contributed by atoms with Gasteiger partial charge in [0, 0.05) is 42.9 Å². The Morgan fingerprint density at radius 1 is 0.933 bits per heavy atom. The van der Waals surface area contributed by atoms with Gasteiger partial charge in [0.25, 0.3) is 11.8 Å². The smallest absolute Gasteiger partial charge is 0.337 e. The Hall–Kier alpha value is -3.75. The van der Waals surface area contributed by atoms with Crippen molar-refractivity contribution in [3.63, 3.8) is 0 Å². The Kier molecular flexibility index (Phi) is 5.42. The van der Waals surface area contributed by atoms with Gasteiger partial charge < -0.3 is 9.80 Å². The maximum atomic E-state index is 13.1. The van der Waals surface area contributed by atoms with Crippen LogP contribution in [0.25, 0.3) is 11.4 Å². The Morgan fingerprint density at radius 3 is 2.23 bits per heavy atom. The third-order valence-electron chi connectivity index (χ3n) is 4.98. The number of carbonyl (C=O) groups excluding carboxylic acids is 2. The molecule has 4 rings (SSSR count). The fourth-order valence-electron chi connectivity index (χ4n) is 3.44. The maximum absolute atomic E-state index is 13.1. The molecule has 0 unspecified atom stereocenters. The van der Waals surface area contributed by atoms with Gasteiger partial charge in [0.2, 0.25) is 0 Å². The van der Waals surface area contributed by atoms with Gasteiger partial charge in [-0.2, -0.15) is 0 Å². The van der Waals surface area contributed by atoms with Crippen LogP contribution in [0.4, 0.5) is 4.39 Å². The average molecular weight is 410 g/mol. The highest BCUT2D eigenvalue weighted by atomic mass is 19.1. The van der Waals surface area contributed by atoms with E-state index in [9.17, 15) is 18.8 Å². The van der Waals surface area contributed by atoms with Gasteiger partial charge in [0.15, 0.2) is 5.82 Å². The number of hydrogen-bond acceptors (Lipinski definition) is 5. The van der Waals surface area contributed by atoms with Crippen molar-refractivity contribution in [3.05, 3.63) is 76.0 Å². The Morgan fingerprint density at radius 2 is 1.60 bits per heavy atom. The summed E-state index contributed by atoms with van der Waals surface area (Å²) in [5.74, 6) is -1.15. The van der Waals surface area contributed by atoms with Gasteiger partial charge >= 0.3 is 5.76 Å². The molecule has 1 aromatic heterocycles. The summed E-state index contributed by atoms with van der Waals surface area (Å²) in [5, 5.41) is 3.64. The van der Waals surface area contributed by atoms with Gasteiger partial charge in [-0.15, -0.1) is 0 Å². The van der Waals surface area contributed by atoms with Crippen molar-refractivity contribution in [2.24, 2.45) is 0 Å². The third-order valence-corrected chi connectivity index (χ3v) is 4.98. The first-order valence-electron chi connectivity index (χ1n) is 9.52. The van der Waals surface area contributed by atoms with Crippen molar-refractivity contribution in [3.8, 4) is 11.4 Å². The molecule has 1 fully saturated rings. The summed E-state index contributed by atoms with van der Waals surface area (Å²) >= 11 is 0. The monoisotopic (exact) mass is 410 g/mol. The van der Waals surface area contributed by atoms with Crippen molar-refractivity contribution in [2.45, 2.75) is 6.42 Å². The highest BCUT2D eigenvalue weighted by Crippen LogP contribution is 2.18. The number of nitrogens with one attached hydrogen (secondary N) is 1. The molecule has 1 N–H and O–H groups in total. The van der Waals surface area contributed by atoms with Crippen LogP contribution in [0, 0.1) is 5.82 Å². The number of aromatic amines is 1. The molecule has 30 heavy (non-hydrogen) atoms. The number of H-pyrrole nitrogens is 1. The maximum Gasteiger partial charge on any atom is 0.439 e.